The maximum atomic E-state index is 12.8. The summed E-state index contributed by atoms with van der Waals surface area (Å²) in [6, 6.07) is 2.69. The third kappa shape index (κ3) is 2.78. The van der Waals surface area contributed by atoms with Gasteiger partial charge in [-0.15, -0.1) is 0 Å². The molecule has 0 aromatic heterocycles. The summed E-state index contributed by atoms with van der Waals surface area (Å²) in [5, 5.41) is 11.5. The van der Waals surface area contributed by atoms with Crippen molar-refractivity contribution in [2.75, 3.05) is 0 Å². The number of rotatable bonds is 2. The average Bonchev–Trinajstić information content (AvgIpc) is 2.35. The third-order valence-corrected chi connectivity index (χ3v) is 3.65. The zero-order valence-electron chi connectivity index (χ0n) is 9.63. The maximum absolute atomic E-state index is 12.8. The molecule has 1 unspecified atom stereocenters. The van der Waals surface area contributed by atoms with Gasteiger partial charge in [-0.1, -0.05) is 27.5 Å². The average molecular weight is 371 g/mol. The van der Waals surface area contributed by atoms with Crippen LogP contribution in [0.15, 0.2) is 17.7 Å². The van der Waals surface area contributed by atoms with Crippen LogP contribution < -0.4 is 9.84 Å². The Hall–Kier alpha value is -1.21. The zero-order valence-corrected chi connectivity index (χ0v) is 12.0. The van der Waals surface area contributed by atoms with Crippen molar-refractivity contribution in [1.82, 2.24) is 0 Å². The van der Waals surface area contributed by atoms with E-state index in [-0.39, 0.29) is 11.3 Å². The minimum Gasteiger partial charge on any atom is -0.545 e. The molecule has 0 radical (unpaired) electrons. The van der Waals surface area contributed by atoms with E-state index in [4.69, 9.17) is 16.3 Å². The van der Waals surface area contributed by atoms with Crippen molar-refractivity contribution in [3.8, 4) is 5.75 Å². The molecule has 20 heavy (non-hydrogen) atoms. The highest BCUT2D eigenvalue weighted by Crippen LogP contribution is 2.39. The first kappa shape index (κ1) is 15.2. The largest absolute Gasteiger partial charge is 0.545 e. The SMILES string of the molecule is O=C([O-])C1=Cc2cc(Cl)c(CBr)cc2OC1C(F)(F)F. The second-order valence-electron chi connectivity index (χ2n) is 4.04. The van der Waals surface area contributed by atoms with Gasteiger partial charge >= 0.3 is 6.18 Å². The van der Waals surface area contributed by atoms with Crippen LogP contribution in [0.2, 0.25) is 5.02 Å². The highest BCUT2D eigenvalue weighted by Gasteiger charge is 2.46. The molecule has 1 heterocycles. The molecular formula is C12H6BrClF3O3-. The Morgan fingerprint density at radius 2 is 2.10 bits per heavy atom. The van der Waals surface area contributed by atoms with Gasteiger partial charge in [0.15, 0.2) is 0 Å². The van der Waals surface area contributed by atoms with E-state index < -0.39 is 23.8 Å². The first-order valence-electron chi connectivity index (χ1n) is 5.28. The number of aliphatic carboxylic acids is 1. The first-order chi connectivity index (χ1) is 9.24. The summed E-state index contributed by atoms with van der Waals surface area (Å²) in [6.07, 6.45) is -6.53. The van der Waals surface area contributed by atoms with E-state index in [0.29, 0.717) is 15.9 Å². The Morgan fingerprint density at radius 3 is 2.60 bits per heavy atom. The quantitative estimate of drug-likeness (QED) is 0.752. The molecule has 1 aliphatic rings. The summed E-state index contributed by atoms with van der Waals surface area (Å²) in [5.41, 5.74) is -0.274. The van der Waals surface area contributed by atoms with E-state index >= 15 is 0 Å². The van der Waals surface area contributed by atoms with E-state index in [9.17, 15) is 23.1 Å². The molecule has 1 atom stereocenters. The summed E-state index contributed by atoms with van der Waals surface area (Å²) in [6.45, 7) is 0. The van der Waals surface area contributed by atoms with Crippen LogP contribution >= 0.6 is 27.5 Å². The Bertz CT molecular complexity index is 598. The number of ether oxygens (including phenoxy) is 1. The molecule has 2 rings (SSSR count). The van der Waals surface area contributed by atoms with E-state index in [0.717, 1.165) is 6.08 Å². The van der Waals surface area contributed by atoms with Crippen LogP contribution in [0.3, 0.4) is 0 Å². The van der Waals surface area contributed by atoms with E-state index in [1.807, 2.05) is 0 Å². The monoisotopic (exact) mass is 369 g/mol. The number of fused-ring (bicyclic) bond motifs is 1. The molecule has 0 bridgehead atoms. The minimum atomic E-state index is -4.85. The van der Waals surface area contributed by atoms with E-state index in [1.165, 1.54) is 12.1 Å². The lowest BCUT2D eigenvalue weighted by atomic mass is 10.00. The van der Waals surface area contributed by atoms with Crippen molar-refractivity contribution < 1.29 is 27.8 Å². The first-order valence-corrected chi connectivity index (χ1v) is 6.78. The van der Waals surface area contributed by atoms with E-state index in [1.54, 1.807) is 0 Å². The van der Waals surface area contributed by atoms with Crippen molar-refractivity contribution in [1.29, 1.82) is 0 Å². The van der Waals surface area contributed by atoms with Crippen LogP contribution in [0.1, 0.15) is 11.1 Å². The smallest absolute Gasteiger partial charge is 0.429 e. The van der Waals surface area contributed by atoms with Crippen LogP contribution in [0, 0.1) is 0 Å². The van der Waals surface area contributed by atoms with Gasteiger partial charge in [-0.3, -0.25) is 0 Å². The number of hydrogen-bond donors (Lipinski definition) is 0. The second-order valence-corrected chi connectivity index (χ2v) is 5.01. The lowest BCUT2D eigenvalue weighted by Gasteiger charge is -2.29. The Morgan fingerprint density at radius 1 is 1.45 bits per heavy atom. The molecule has 0 aliphatic carbocycles. The molecule has 1 aromatic rings. The van der Waals surface area contributed by atoms with Crippen molar-refractivity contribution in [3.05, 3.63) is 33.9 Å². The summed E-state index contributed by atoms with van der Waals surface area (Å²) in [5.74, 6) is -2.00. The van der Waals surface area contributed by atoms with Crippen LogP contribution in [-0.2, 0) is 10.1 Å². The molecule has 1 aliphatic heterocycles. The summed E-state index contributed by atoms with van der Waals surface area (Å²) in [4.78, 5) is 10.8. The Labute approximate surface area is 125 Å². The minimum absolute atomic E-state index is 0.0730. The predicted octanol–water partition coefficient (Wildman–Crippen LogP) is 2.69. The second kappa shape index (κ2) is 5.29. The lowest BCUT2D eigenvalue weighted by molar-refractivity contribution is -0.302. The maximum Gasteiger partial charge on any atom is 0.429 e. The molecule has 3 nitrogen and oxygen atoms in total. The molecule has 108 valence electrons. The van der Waals surface area contributed by atoms with Gasteiger partial charge < -0.3 is 14.6 Å². The summed E-state index contributed by atoms with van der Waals surface area (Å²) in [7, 11) is 0. The lowest BCUT2D eigenvalue weighted by Crippen LogP contribution is -2.44. The molecule has 0 saturated heterocycles. The molecule has 1 aromatic carbocycles. The van der Waals surface area contributed by atoms with Crippen molar-refractivity contribution in [2.45, 2.75) is 17.6 Å². The van der Waals surface area contributed by atoms with Crippen molar-refractivity contribution in [2.24, 2.45) is 0 Å². The predicted molar refractivity (Wildman–Crippen MR) is 67.5 cm³/mol. The van der Waals surface area contributed by atoms with Gasteiger partial charge in [0.1, 0.15) is 5.75 Å². The highest BCUT2D eigenvalue weighted by molar-refractivity contribution is 9.08. The van der Waals surface area contributed by atoms with Gasteiger partial charge in [0, 0.05) is 21.5 Å². The van der Waals surface area contributed by atoms with Crippen LogP contribution in [0.25, 0.3) is 6.08 Å². The molecule has 0 spiro atoms. The molecule has 0 amide bonds. The number of halogens is 5. The van der Waals surface area contributed by atoms with Crippen molar-refractivity contribution >= 4 is 39.6 Å². The molecule has 0 saturated carbocycles. The fourth-order valence-electron chi connectivity index (χ4n) is 1.77. The topological polar surface area (TPSA) is 49.4 Å². The van der Waals surface area contributed by atoms with Gasteiger partial charge in [0.25, 0.3) is 0 Å². The molecule has 0 fully saturated rings. The van der Waals surface area contributed by atoms with Crippen LogP contribution in [0.4, 0.5) is 13.2 Å². The number of benzene rings is 1. The Balaban J connectivity index is 2.57. The van der Waals surface area contributed by atoms with Gasteiger partial charge in [0.05, 0.1) is 5.97 Å². The highest BCUT2D eigenvalue weighted by atomic mass is 79.9. The summed E-state index contributed by atoms with van der Waals surface area (Å²) >= 11 is 9.06. The fourth-order valence-corrected chi connectivity index (χ4v) is 2.64. The number of carbonyl (C=O) groups excluding carboxylic acids is 1. The number of carboxylic acids is 1. The van der Waals surface area contributed by atoms with Gasteiger partial charge in [-0.25, -0.2) is 0 Å². The summed E-state index contributed by atoms with van der Waals surface area (Å²) < 4.78 is 43.2. The molecule has 0 N–H and O–H groups in total. The third-order valence-electron chi connectivity index (χ3n) is 2.69. The van der Waals surface area contributed by atoms with E-state index in [2.05, 4.69) is 15.9 Å². The Kier molecular flexibility index (Phi) is 4.02. The molecule has 8 heteroatoms. The van der Waals surface area contributed by atoms with Crippen LogP contribution in [-0.4, -0.2) is 18.2 Å². The zero-order chi connectivity index (χ0) is 15.1. The van der Waals surface area contributed by atoms with Gasteiger partial charge in [-0.05, 0) is 23.8 Å². The number of hydrogen-bond acceptors (Lipinski definition) is 3. The van der Waals surface area contributed by atoms with Crippen molar-refractivity contribution in [3.63, 3.8) is 0 Å². The number of alkyl halides is 4. The normalized spacial score (nSPS) is 18.1. The standard InChI is InChI=1S/C12H7BrClF3O3/c13-4-6-3-9-5(2-8(6)14)1-7(11(18)19)10(20-9)12(15,16)17/h1-3,10H,4H2,(H,18,19)/p-1. The molecular weight excluding hydrogens is 364 g/mol. The van der Waals surface area contributed by atoms with Crippen LogP contribution in [0.5, 0.6) is 5.75 Å². The fraction of sp³-hybridized carbons (Fsp3) is 0.250. The number of carboxylic acid groups (broad SMARTS) is 1. The van der Waals surface area contributed by atoms with Gasteiger partial charge in [0.2, 0.25) is 6.10 Å². The number of carbonyl (C=O) groups is 1. The van der Waals surface area contributed by atoms with Gasteiger partial charge in [-0.2, -0.15) is 13.2 Å².